The van der Waals surface area contributed by atoms with Crippen molar-refractivity contribution in [2.75, 3.05) is 6.61 Å². The molecule has 0 unspecified atom stereocenters. The SMILES string of the molecule is CCOc1ccc(-c2cccc(=O)[nH]2)c(C)c1. The van der Waals surface area contributed by atoms with Gasteiger partial charge >= 0.3 is 0 Å². The molecule has 0 radical (unpaired) electrons. The summed E-state index contributed by atoms with van der Waals surface area (Å²) in [4.78, 5) is 14.1. The van der Waals surface area contributed by atoms with Crippen LogP contribution in [0.4, 0.5) is 0 Å². The van der Waals surface area contributed by atoms with Crippen molar-refractivity contribution >= 4 is 0 Å². The molecule has 1 heterocycles. The van der Waals surface area contributed by atoms with E-state index in [0.29, 0.717) is 6.61 Å². The van der Waals surface area contributed by atoms with E-state index in [9.17, 15) is 4.79 Å². The van der Waals surface area contributed by atoms with Gasteiger partial charge in [0.15, 0.2) is 0 Å². The lowest BCUT2D eigenvalue weighted by Crippen LogP contribution is -2.04. The van der Waals surface area contributed by atoms with Crippen LogP contribution >= 0.6 is 0 Å². The van der Waals surface area contributed by atoms with E-state index in [0.717, 1.165) is 22.6 Å². The third-order valence-electron chi connectivity index (χ3n) is 2.57. The number of H-pyrrole nitrogens is 1. The van der Waals surface area contributed by atoms with Crippen LogP contribution < -0.4 is 10.3 Å². The number of nitrogens with one attached hydrogen (secondary N) is 1. The second-order valence-electron chi connectivity index (χ2n) is 3.84. The predicted molar refractivity (Wildman–Crippen MR) is 68.4 cm³/mol. The third kappa shape index (κ3) is 2.56. The van der Waals surface area contributed by atoms with E-state index < -0.39 is 0 Å². The van der Waals surface area contributed by atoms with Crippen LogP contribution in [0, 0.1) is 6.92 Å². The zero-order valence-electron chi connectivity index (χ0n) is 9.99. The number of aromatic amines is 1. The van der Waals surface area contributed by atoms with E-state index in [1.165, 1.54) is 6.07 Å². The lowest BCUT2D eigenvalue weighted by molar-refractivity contribution is 0.340. The van der Waals surface area contributed by atoms with Crippen molar-refractivity contribution in [1.82, 2.24) is 4.98 Å². The summed E-state index contributed by atoms with van der Waals surface area (Å²) in [5, 5.41) is 0. The fourth-order valence-corrected chi connectivity index (χ4v) is 1.80. The minimum Gasteiger partial charge on any atom is -0.494 e. The quantitative estimate of drug-likeness (QED) is 0.879. The van der Waals surface area contributed by atoms with Crippen LogP contribution in [0.1, 0.15) is 12.5 Å². The molecule has 2 aromatic rings. The maximum atomic E-state index is 11.3. The first-order valence-electron chi connectivity index (χ1n) is 5.64. The van der Waals surface area contributed by atoms with Gasteiger partial charge < -0.3 is 9.72 Å². The first kappa shape index (κ1) is 11.5. The van der Waals surface area contributed by atoms with Crippen LogP contribution in [-0.4, -0.2) is 11.6 Å². The van der Waals surface area contributed by atoms with E-state index in [4.69, 9.17) is 4.74 Å². The molecule has 88 valence electrons. The Hall–Kier alpha value is -2.03. The van der Waals surface area contributed by atoms with Crippen molar-refractivity contribution in [2.24, 2.45) is 0 Å². The minimum atomic E-state index is -0.0872. The number of aryl methyl sites for hydroxylation is 1. The Balaban J connectivity index is 2.43. The molecule has 0 aliphatic rings. The summed E-state index contributed by atoms with van der Waals surface area (Å²) >= 11 is 0. The Kier molecular flexibility index (Phi) is 3.28. The van der Waals surface area contributed by atoms with E-state index in [1.54, 1.807) is 6.07 Å². The van der Waals surface area contributed by atoms with Gasteiger partial charge in [-0.3, -0.25) is 4.79 Å². The molecule has 0 aliphatic carbocycles. The van der Waals surface area contributed by atoms with Gasteiger partial charge in [0, 0.05) is 17.3 Å². The number of aromatic nitrogens is 1. The highest BCUT2D eigenvalue weighted by atomic mass is 16.5. The summed E-state index contributed by atoms with van der Waals surface area (Å²) < 4.78 is 5.43. The summed E-state index contributed by atoms with van der Waals surface area (Å²) in [5.41, 5.74) is 2.85. The topological polar surface area (TPSA) is 42.1 Å². The smallest absolute Gasteiger partial charge is 0.248 e. The van der Waals surface area contributed by atoms with Gasteiger partial charge in [0.2, 0.25) is 5.56 Å². The van der Waals surface area contributed by atoms with Crippen LogP contribution in [0.15, 0.2) is 41.2 Å². The number of hydrogen-bond donors (Lipinski definition) is 1. The third-order valence-corrected chi connectivity index (χ3v) is 2.57. The monoisotopic (exact) mass is 229 g/mol. The molecule has 3 nitrogen and oxygen atoms in total. The van der Waals surface area contributed by atoms with Crippen LogP contribution in [0.25, 0.3) is 11.3 Å². The number of pyridine rings is 1. The minimum absolute atomic E-state index is 0.0872. The molecular weight excluding hydrogens is 214 g/mol. The summed E-state index contributed by atoms with van der Waals surface area (Å²) in [5.74, 6) is 0.854. The molecule has 0 saturated heterocycles. The van der Waals surface area contributed by atoms with Crippen molar-refractivity contribution in [2.45, 2.75) is 13.8 Å². The molecule has 3 heteroatoms. The molecule has 17 heavy (non-hydrogen) atoms. The predicted octanol–water partition coefficient (Wildman–Crippen LogP) is 2.75. The van der Waals surface area contributed by atoms with Gasteiger partial charge in [-0.1, -0.05) is 6.07 Å². The number of rotatable bonds is 3. The van der Waals surface area contributed by atoms with E-state index in [2.05, 4.69) is 4.98 Å². The van der Waals surface area contributed by atoms with Crippen LogP contribution in [0.5, 0.6) is 5.75 Å². The average molecular weight is 229 g/mol. The molecule has 0 spiro atoms. The van der Waals surface area contributed by atoms with Crippen molar-refractivity contribution in [3.8, 4) is 17.0 Å². The summed E-state index contributed by atoms with van der Waals surface area (Å²) in [7, 11) is 0. The zero-order valence-corrected chi connectivity index (χ0v) is 9.99. The highest BCUT2D eigenvalue weighted by molar-refractivity contribution is 5.64. The standard InChI is InChI=1S/C14H15NO2/c1-3-17-11-7-8-12(10(2)9-11)13-5-4-6-14(16)15-13/h4-9H,3H2,1-2H3,(H,15,16). The second-order valence-corrected chi connectivity index (χ2v) is 3.84. The Morgan fingerprint density at radius 3 is 2.71 bits per heavy atom. The molecule has 1 N–H and O–H groups in total. The number of benzene rings is 1. The van der Waals surface area contributed by atoms with Gasteiger partial charge in [0.1, 0.15) is 5.75 Å². The highest BCUT2D eigenvalue weighted by Crippen LogP contribution is 2.24. The summed E-state index contributed by atoms with van der Waals surface area (Å²) in [6, 6.07) is 11.0. The van der Waals surface area contributed by atoms with Crippen molar-refractivity contribution in [1.29, 1.82) is 0 Å². The van der Waals surface area contributed by atoms with Crippen molar-refractivity contribution < 1.29 is 4.74 Å². The highest BCUT2D eigenvalue weighted by Gasteiger charge is 2.03. The van der Waals surface area contributed by atoms with Gasteiger partial charge in [-0.2, -0.15) is 0 Å². The number of ether oxygens (including phenoxy) is 1. The molecule has 0 bridgehead atoms. The molecule has 0 amide bonds. The van der Waals surface area contributed by atoms with Crippen LogP contribution in [0.2, 0.25) is 0 Å². The largest absolute Gasteiger partial charge is 0.494 e. The van der Waals surface area contributed by atoms with E-state index >= 15 is 0 Å². The fourth-order valence-electron chi connectivity index (χ4n) is 1.80. The Labute approximate surface area is 100 Å². The van der Waals surface area contributed by atoms with E-state index in [-0.39, 0.29) is 5.56 Å². The fraction of sp³-hybridized carbons (Fsp3) is 0.214. The Bertz CT molecular complexity index is 572. The second kappa shape index (κ2) is 4.87. The maximum Gasteiger partial charge on any atom is 0.248 e. The van der Waals surface area contributed by atoms with Gasteiger partial charge in [-0.05, 0) is 43.7 Å². The normalized spacial score (nSPS) is 10.2. The molecule has 0 saturated carbocycles. The molecular formula is C14H15NO2. The first-order valence-corrected chi connectivity index (χ1v) is 5.64. The molecule has 2 rings (SSSR count). The van der Waals surface area contributed by atoms with Gasteiger partial charge in [0.25, 0.3) is 0 Å². The summed E-state index contributed by atoms with van der Waals surface area (Å²) in [6.07, 6.45) is 0. The van der Waals surface area contributed by atoms with E-state index in [1.807, 2.05) is 38.1 Å². The molecule has 1 aromatic heterocycles. The van der Waals surface area contributed by atoms with Gasteiger partial charge in [-0.15, -0.1) is 0 Å². The van der Waals surface area contributed by atoms with Crippen molar-refractivity contribution in [3.63, 3.8) is 0 Å². The lowest BCUT2D eigenvalue weighted by atomic mass is 10.0. The first-order chi connectivity index (χ1) is 8.20. The molecule has 1 aromatic carbocycles. The average Bonchev–Trinajstić information content (AvgIpc) is 2.29. The molecule has 0 aliphatic heterocycles. The maximum absolute atomic E-state index is 11.3. The summed E-state index contributed by atoms with van der Waals surface area (Å²) in [6.45, 7) is 4.61. The van der Waals surface area contributed by atoms with Crippen LogP contribution in [-0.2, 0) is 0 Å². The van der Waals surface area contributed by atoms with Crippen LogP contribution in [0.3, 0.4) is 0 Å². The lowest BCUT2D eigenvalue weighted by Gasteiger charge is -2.08. The Morgan fingerprint density at radius 2 is 2.06 bits per heavy atom. The Morgan fingerprint density at radius 1 is 1.24 bits per heavy atom. The zero-order chi connectivity index (χ0) is 12.3. The van der Waals surface area contributed by atoms with Crippen molar-refractivity contribution in [3.05, 3.63) is 52.3 Å². The van der Waals surface area contributed by atoms with Gasteiger partial charge in [-0.25, -0.2) is 0 Å². The van der Waals surface area contributed by atoms with Gasteiger partial charge in [0.05, 0.1) is 6.61 Å². The molecule has 0 fully saturated rings. The molecule has 0 atom stereocenters. The number of hydrogen-bond acceptors (Lipinski definition) is 2.